The van der Waals surface area contributed by atoms with Gasteiger partial charge >= 0.3 is 0 Å². The monoisotopic (exact) mass is 235 g/mol. The molecule has 16 heavy (non-hydrogen) atoms. The maximum atomic E-state index is 5.91. The number of halogens is 1. The van der Waals surface area contributed by atoms with Crippen LogP contribution in [0.5, 0.6) is 0 Å². The van der Waals surface area contributed by atoms with Crippen molar-refractivity contribution in [3.8, 4) is 11.4 Å². The van der Waals surface area contributed by atoms with E-state index in [4.69, 9.17) is 11.6 Å². The van der Waals surface area contributed by atoms with E-state index in [-0.39, 0.29) is 0 Å². The Labute approximate surface area is 100 Å². The lowest BCUT2D eigenvalue weighted by Crippen LogP contribution is -2.03. The molecule has 0 aromatic carbocycles. The molecule has 2 aromatic rings. The van der Waals surface area contributed by atoms with Gasteiger partial charge < -0.3 is 0 Å². The van der Waals surface area contributed by atoms with Gasteiger partial charge in [0.2, 0.25) is 0 Å². The summed E-state index contributed by atoms with van der Waals surface area (Å²) in [4.78, 5) is 4.39. The normalized spacial score (nSPS) is 10.6. The zero-order valence-electron chi connectivity index (χ0n) is 9.23. The quantitative estimate of drug-likeness (QED) is 0.763. The van der Waals surface area contributed by atoms with Crippen molar-refractivity contribution < 1.29 is 0 Å². The molecule has 0 amide bonds. The third kappa shape index (κ3) is 2.09. The van der Waals surface area contributed by atoms with Gasteiger partial charge in [0.25, 0.3) is 0 Å². The first kappa shape index (κ1) is 11.1. The largest absolute Gasteiger partial charge is 0.263 e. The first-order valence-electron chi connectivity index (χ1n) is 5.39. The highest BCUT2D eigenvalue weighted by molar-refractivity contribution is 6.17. The molecule has 0 radical (unpaired) electrons. The summed E-state index contributed by atoms with van der Waals surface area (Å²) < 4.78 is 1.97. The Kier molecular flexibility index (Phi) is 3.57. The molecular formula is C12H14ClN3. The fourth-order valence-electron chi connectivity index (χ4n) is 1.70. The molecule has 0 unspecified atom stereocenters. The molecule has 0 saturated carbocycles. The van der Waals surface area contributed by atoms with Crippen molar-refractivity contribution in [3.05, 3.63) is 36.2 Å². The number of aromatic nitrogens is 3. The molecule has 4 heteroatoms. The second kappa shape index (κ2) is 5.12. The lowest BCUT2D eigenvalue weighted by Gasteiger charge is -2.08. The smallest absolute Gasteiger partial charge is 0.0926 e. The Balaban J connectivity index is 2.45. The van der Waals surface area contributed by atoms with E-state index in [2.05, 4.69) is 17.0 Å². The molecule has 84 valence electrons. The first-order valence-corrected chi connectivity index (χ1v) is 5.92. The Hall–Kier alpha value is -1.35. The van der Waals surface area contributed by atoms with Crippen molar-refractivity contribution in [1.82, 2.24) is 14.8 Å². The van der Waals surface area contributed by atoms with E-state index < -0.39 is 0 Å². The lowest BCUT2D eigenvalue weighted by atomic mass is 10.1. The summed E-state index contributed by atoms with van der Waals surface area (Å²) in [5, 5.41) is 4.29. The molecule has 0 aliphatic rings. The number of alkyl halides is 1. The number of hydrogen-bond donors (Lipinski definition) is 0. The number of hydrogen-bond acceptors (Lipinski definition) is 2. The molecule has 0 aliphatic carbocycles. The van der Waals surface area contributed by atoms with Crippen LogP contribution < -0.4 is 0 Å². The summed E-state index contributed by atoms with van der Waals surface area (Å²) in [5.41, 5.74) is 3.02. The third-order valence-electron chi connectivity index (χ3n) is 2.43. The van der Waals surface area contributed by atoms with Crippen LogP contribution in [0.15, 0.2) is 30.6 Å². The fourth-order valence-corrected chi connectivity index (χ4v) is 1.92. The van der Waals surface area contributed by atoms with Gasteiger partial charge in [-0.05, 0) is 24.1 Å². The summed E-state index contributed by atoms with van der Waals surface area (Å²) >= 11 is 5.91. The molecule has 0 N–H and O–H groups in total. The van der Waals surface area contributed by atoms with E-state index >= 15 is 0 Å². The van der Waals surface area contributed by atoms with Gasteiger partial charge in [0.05, 0.1) is 11.4 Å². The Morgan fingerprint density at radius 1 is 1.31 bits per heavy atom. The number of nitrogens with zero attached hydrogens (tertiary/aromatic N) is 3. The number of aryl methyl sites for hydroxylation is 1. The van der Waals surface area contributed by atoms with Crippen molar-refractivity contribution >= 4 is 11.6 Å². The highest BCUT2D eigenvalue weighted by Crippen LogP contribution is 2.22. The Morgan fingerprint density at radius 3 is 2.94 bits per heavy atom. The van der Waals surface area contributed by atoms with Crippen LogP contribution in [0.25, 0.3) is 11.4 Å². The molecule has 2 aromatic heterocycles. The van der Waals surface area contributed by atoms with Crippen LogP contribution in [-0.4, -0.2) is 14.8 Å². The Morgan fingerprint density at radius 2 is 2.19 bits per heavy atom. The van der Waals surface area contributed by atoms with Gasteiger partial charge in [0.15, 0.2) is 0 Å². The van der Waals surface area contributed by atoms with Crippen LogP contribution in [0.4, 0.5) is 0 Å². The minimum absolute atomic E-state index is 0.473. The average molecular weight is 236 g/mol. The molecule has 0 atom stereocenters. The second-order valence-electron chi connectivity index (χ2n) is 3.58. The van der Waals surface area contributed by atoms with Crippen LogP contribution in [0, 0.1) is 0 Å². The molecule has 0 aliphatic heterocycles. The minimum atomic E-state index is 0.473. The molecule has 0 saturated heterocycles. The SMILES string of the molecule is CCCn1nccc1-c1ncccc1CCl. The Bertz CT molecular complexity index is 465. The van der Waals surface area contributed by atoms with Crippen LogP contribution >= 0.6 is 11.6 Å². The summed E-state index contributed by atoms with van der Waals surface area (Å²) in [6, 6.07) is 5.88. The predicted octanol–water partition coefficient (Wildman–Crippen LogP) is 3.09. The maximum Gasteiger partial charge on any atom is 0.0926 e. The van der Waals surface area contributed by atoms with Gasteiger partial charge in [-0.1, -0.05) is 13.0 Å². The van der Waals surface area contributed by atoms with E-state index in [1.807, 2.05) is 22.9 Å². The van der Waals surface area contributed by atoms with Gasteiger partial charge in [-0.25, -0.2) is 0 Å². The highest BCUT2D eigenvalue weighted by Gasteiger charge is 2.09. The summed E-state index contributed by atoms with van der Waals surface area (Å²) in [5.74, 6) is 0.473. The molecule has 0 spiro atoms. The van der Waals surface area contributed by atoms with Crippen LogP contribution in [-0.2, 0) is 12.4 Å². The van der Waals surface area contributed by atoms with E-state index in [0.717, 1.165) is 29.9 Å². The summed E-state index contributed by atoms with van der Waals surface area (Å²) in [6.45, 7) is 3.03. The first-order chi connectivity index (χ1) is 7.86. The van der Waals surface area contributed by atoms with Crippen molar-refractivity contribution in [3.63, 3.8) is 0 Å². The van der Waals surface area contributed by atoms with E-state index in [9.17, 15) is 0 Å². The van der Waals surface area contributed by atoms with Gasteiger partial charge in [-0.15, -0.1) is 11.6 Å². The van der Waals surface area contributed by atoms with E-state index in [1.54, 1.807) is 12.4 Å². The topological polar surface area (TPSA) is 30.7 Å². The van der Waals surface area contributed by atoms with Gasteiger partial charge in [-0.3, -0.25) is 9.67 Å². The van der Waals surface area contributed by atoms with Crippen LogP contribution in [0.2, 0.25) is 0 Å². The third-order valence-corrected chi connectivity index (χ3v) is 2.72. The molecule has 0 fully saturated rings. The highest BCUT2D eigenvalue weighted by atomic mass is 35.5. The van der Waals surface area contributed by atoms with Crippen LogP contribution in [0.3, 0.4) is 0 Å². The molecule has 2 rings (SSSR count). The average Bonchev–Trinajstić information content (AvgIpc) is 2.77. The van der Waals surface area contributed by atoms with E-state index in [1.165, 1.54) is 0 Å². The van der Waals surface area contributed by atoms with Gasteiger partial charge in [0.1, 0.15) is 0 Å². The van der Waals surface area contributed by atoms with E-state index in [0.29, 0.717) is 5.88 Å². The van der Waals surface area contributed by atoms with Crippen molar-refractivity contribution in [2.45, 2.75) is 25.8 Å². The predicted molar refractivity (Wildman–Crippen MR) is 65.3 cm³/mol. The van der Waals surface area contributed by atoms with Crippen LogP contribution in [0.1, 0.15) is 18.9 Å². The number of pyridine rings is 1. The minimum Gasteiger partial charge on any atom is -0.263 e. The van der Waals surface area contributed by atoms with Gasteiger partial charge in [0, 0.05) is 24.8 Å². The molecule has 2 heterocycles. The molecule has 0 bridgehead atoms. The summed E-state index contributed by atoms with van der Waals surface area (Å²) in [6.07, 6.45) is 4.64. The number of rotatable bonds is 4. The van der Waals surface area contributed by atoms with Crippen molar-refractivity contribution in [2.24, 2.45) is 0 Å². The zero-order chi connectivity index (χ0) is 11.4. The van der Waals surface area contributed by atoms with Gasteiger partial charge in [-0.2, -0.15) is 5.10 Å². The molecular weight excluding hydrogens is 222 g/mol. The lowest BCUT2D eigenvalue weighted by molar-refractivity contribution is 0.607. The zero-order valence-corrected chi connectivity index (χ0v) is 9.98. The van der Waals surface area contributed by atoms with Crippen molar-refractivity contribution in [1.29, 1.82) is 0 Å². The maximum absolute atomic E-state index is 5.91. The van der Waals surface area contributed by atoms with Crippen molar-refractivity contribution in [2.75, 3.05) is 0 Å². The standard InChI is InChI=1S/C12H14ClN3/c1-2-8-16-11(5-7-15-16)12-10(9-13)4-3-6-14-12/h3-7H,2,8-9H2,1H3. The summed E-state index contributed by atoms with van der Waals surface area (Å²) in [7, 11) is 0. The second-order valence-corrected chi connectivity index (χ2v) is 3.85. The fraction of sp³-hybridized carbons (Fsp3) is 0.333. The molecule has 3 nitrogen and oxygen atoms in total.